The van der Waals surface area contributed by atoms with Gasteiger partial charge in [-0.1, -0.05) is 261 Å². The fourth-order valence-corrected chi connectivity index (χ4v) is 25.0. The first-order chi connectivity index (χ1) is 61.0. The molecular formula is C114H66N6S3. The van der Waals surface area contributed by atoms with Crippen LogP contribution in [0.2, 0.25) is 0 Å². The van der Waals surface area contributed by atoms with E-state index in [4.69, 9.17) is 0 Å². The summed E-state index contributed by atoms with van der Waals surface area (Å²) in [6.45, 7) is 0. The SMILES string of the molecule is c1ccc(-n2c3ccccc3c3cc4c(cc32)c2c3ccccc3cn2c2c4ccc3c4ccccc4sc32)cc1.c1ccc(-n2c3ccccc3c3cc4c(cc32)c2ccc3c5ccccc5sc3c2n2cc3ccccc3c42)cc1.c1ccc(-n2c3ccccc3c3cc4c5cc6c(cc5n5cc7ccccc7c5c4cc32)sc2ccccc26)cc1. The molecule has 12 heterocycles. The topological polar surface area (TPSA) is 28.0 Å². The van der Waals surface area contributed by atoms with Gasteiger partial charge in [-0.3, -0.25) is 0 Å². The van der Waals surface area contributed by atoms with Crippen LogP contribution in [-0.4, -0.2) is 26.9 Å². The first kappa shape index (κ1) is 67.5. The Kier molecular flexibility index (Phi) is 14.1. The second-order valence-electron chi connectivity index (χ2n) is 33.0. The Bertz CT molecular complexity index is 9850. The van der Waals surface area contributed by atoms with Crippen LogP contribution in [0.5, 0.6) is 0 Å². The second kappa shape index (κ2) is 25.6. The summed E-state index contributed by atoms with van der Waals surface area (Å²) < 4.78 is 22.7. The number of nitrogens with zero attached hydrogens (tertiary/aromatic N) is 6. The number of thiophene rings is 3. The van der Waals surface area contributed by atoms with Crippen molar-refractivity contribution in [3.05, 3.63) is 401 Å². The summed E-state index contributed by atoms with van der Waals surface area (Å²) in [5, 5.41) is 35.0. The van der Waals surface area contributed by atoms with Crippen molar-refractivity contribution >= 4 is 274 Å². The van der Waals surface area contributed by atoms with Crippen LogP contribution in [0.15, 0.2) is 401 Å². The Hall–Kier alpha value is -15.4. The number of pyridine rings is 3. The molecule has 0 saturated carbocycles. The maximum absolute atomic E-state index is 2.47. The summed E-state index contributed by atoms with van der Waals surface area (Å²) in [5.41, 5.74) is 18.6. The summed E-state index contributed by atoms with van der Waals surface area (Å²) in [5.74, 6) is 0. The lowest BCUT2D eigenvalue weighted by atomic mass is 9.99. The van der Waals surface area contributed by atoms with E-state index in [0.29, 0.717) is 0 Å². The molecule has 0 unspecified atom stereocenters. The van der Waals surface area contributed by atoms with Crippen molar-refractivity contribution in [2.24, 2.45) is 0 Å². The van der Waals surface area contributed by atoms with Gasteiger partial charge in [-0.2, -0.15) is 0 Å². The third kappa shape index (κ3) is 9.55. The van der Waals surface area contributed by atoms with Gasteiger partial charge in [0.05, 0.1) is 75.6 Å². The average molecular weight is 1620 g/mol. The van der Waals surface area contributed by atoms with Crippen molar-refractivity contribution in [1.82, 2.24) is 26.9 Å². The summed E-state index contributed by atoms with van der Waals surface area (Å²) in [4.78, 5) is 0. The fourth-order valence-electron chi connectivity index (χ4n) is 21.3. The molecule has 0 spiro atoms. The van der Waals surface area contributed by atoms with Crippen molar-refractivity contribution in [1.29, 1.82) is 0 Å². The third-order valence-corrected chi connectivity index (χ3v) is 30.1. The van der Waals surface area contributed by atoms with Crippen LogP contribution in [0.3, 0.4) is 0 Å². The van der Waals surface area contributed by atoms with Gasteiger partial charge in [0.25, 0.3) is 0 Å². The van der Waals surface area contributed by atoms with E-state index in [0.717, 1.165) is 0 Å². The Balaban J connectivity index is 0.0000000946. The van der Waals surface area contributed by atoms with E-state index in [1.54, 1.807) is 0 Å². The Morgan fingerprint density at radius 2 is 0.439 bits per heavy atom. The van der Waals surface area contributed by atoms with E-state index in [9.17, 15) is 0 Å². The highest BCUT2D eigenvalue weighted by molar-refractivity contribution is 7.27. The largest absolute Gasteiger partial charge is 0.315 e. The highest BCUT2D eigenvalue weighted by Gasteiger charge is 2.26. The first-order valence-corrected chi connectivity index (χ1v) is 44.5. The van der Waals surface area contributed by atoms with Crippen molar-refractivity contribution in [3.63, 3.8) is 0 Å². The van der Waals surface area contributed by atoms with E-state index in [-0.39, 0.29) is 0 Å². The zero-order valence-corrected chi connectivity index (χ0v) is 68.5. The minimum Gasteiger partial charge on any atom is -0.315 e. The van der Waals surface area contributed by atoms with Gasteiger partial charge in [-0.15, -0.1) is 34.0 Å². The molecule has 0 amide bonds. The molecule has 30 aromatic rings. The molecule has 0 aliphatic heterocycles. The van der Waals surface area contributed by atoms with Crippen molar-refractivity contribution in [2.75, 3.05) is 0 Å². The number of rotatable bonds is 3. The lowest BCUT2D eigenvalue weighted by molar-refractivity contribution is 1.18. The predicted octanol–water partition coefficient (Wildman–Crippen LogP) is 32.6. The number of hydrogen-bond donors (Lipinski definition) is 0. The van der Waals surface area contributed by atoms with Gasteiger partial charge < -0.3 is 26.9 Å². The van der Waals surface area contributed by atoms with E-state index in [2.05, 4.69) is 428 Å². The maximum atomic E-state index is 2.47. The molecule has 0 saturated heterocycles. The van der Waals surface area contributed by atoms with E-state index in [1.165, 1.54) is 257 Å². The summed E-state index contributed by atoms with van der Waals surface area (Å²) in [6.07, 6.45) is 7.00. The van der Waals surface area contributed by atoms with Crippen molar-refractivity contribution in [3.8, 4) is 17.1 Å². The predicted molar refractivity (Wildman–Crippen MR) is 531 cm³/mol. The van der Waals surface area contributed by atoms with Crippen LogP contribution in [0.4, 0.5) is 0 Å². The standard InChI is InChI=1S/3C38H22N2S/c1-2-11-24(12-3-1)40-33-16-8-6-14-26(33)29-18-28-30-19-31-27-15-7-9-17-36(27)41-37(31)21-34(30)39-22-23-10-4-5-13-25(23)38(39)32(28)20-35(29)40;1-2-11-24(12-3-1)40-33-16-8-6-14-26(33)31-20-32-30(21-34(31)40)28-18-19-29-27-15-7-9-17-35(27)41-38(29)37(28)39-22-23-10-4-5-13-25(23)36(32)39;1-2-11-24(12-3-1)40-33-16-8-6-14-26(33)31-20-30-28-18-19-29-27-15-7-9-17-35(27)41-38(29)37(28)39-22-23-10-4-5-13-25(23)36(39)32(30)21-34(31)40/h3*1-22H. The number of hydrogen-bond acceptors (Lipinski definition) is 3. The Morgan fingerprint density at radius 3 is 0.878 bits per heavy atom. The monoisotopic (exact) mass is 1610 g/mol. The van der Waals surface area contributed by atoms with Gasteiger partial charge in [-0.05, 0) is 137 Å². The summed E-state index contributed by atoms with van der Waals surface area (Å²) >= 11 is 5.70. The zero-order chi connectivity index (χ0) is 80.0. The minimum atomic E-state index is 1.18. The lowest BCUT2D eigenvalue weighted by Crippen LogP contribution is -1.94. The number of fused-ring (bicyclic) bond motifs is 44. The van der Waals surface area contributed by atoms with Gasteiger partial charge in [0.15, 0.2) is 0 Å². The van der Waals surface area contributed by atoms with Gasteiger partial charge in [0.1, 0.15) is 0 Å². The molecule has 0 aliphatic carbocycles. The van der Waals surface area contributed by atoms with Crippen LogP contribution in [0.25, 0.3) is 257 Å². The van der Waals surface area contributed by atoms with Crippen LogP contribution in [0.1, 0.15) is 0 Å². The average Bonchev–Trinajstić information content (AvgIpc) is 1.55. The molecule has 570 valence electrons. The molecule has 0 N–H and O–H groups in total. The normalized spacial score (nSPS) is 12.4. The lowest BCUT2D eigenvalue weighted by Gasteiger charge is -2.13. The van der Waals surface area contributed by atoms with E-state index < -0.39 is 0 Å². The molecule has 0 aliphatic rings. The molecule has 6 nitrogen and oxygen atoms in total. The number of benzene rings is 18. The van der Waals surface area contributed by atoms with Gasteiger partial charge in [-0.25, -0.2) is 0 Å². The number of aromatic nitrogens is 6. The van der Waals surface area contributed by atoms with Crippen molar-refractivity contribution < 1.29 is 0 Å². The third-order valence-electron chi connectivity index (χ3n) is 26.6. The second-order valence-corrected chi connectivity index (χ2v) is 36.1. The Labute approximate surface area is 713 Å². The Morgan fingerprint density at radius 1 is 0.146 bits per heavy atom. The highest BCUT2D eigenvalue weighted by Crippen LogP contribution is 2.51. The van der Waals surface area contributed by atoms with Crippen LogP contribution in [0, 0.1) is 0 Å². The summed E-state index contributed by atoms with van der Waals surface area (Å²) in [7, 11) is 0. The molecule has 123 heavy (non-hydrogen) atoms. The van der Waals surface area contributed by atoms with Crippen LogP contribution < -0.4 is 0 Å². The van der Waals surface area contributed by atoms with Crippen LogP contribution in [-0.2, 0) is 0 Å². The van der Waals surface area contributed by atoms with Gasteiger partial charge in [0, 0.05) is 184 Å². The maximum Gasteiger partial charge on any atom is 0.0714 e. The molecule has 18 aromatic carbocycles. The molecule has 12 aromatic heterocycles. The molecule has 0 fully saturated rings. The van der Waals surface area contributed by atoms with Crippen LogP contribution >= 0.6 is 34.0 Å². The van der Waals surface area contributed by atoms with Gasteiger partial charge in [0.2, 0.25) is 0 Å². The first-order valence-electron chi connectivity index (χ1n) is 42.1. The van der Waals surface area contributed by atoms with E-state index >= 15 is 0 Å². The fraction of sp³-hybridized carbons (Fsp3) is 0. The molecule has 9 heteroatoms. The minimum absolute atomic E-state index is 1.18. The highest BCUT2D eigenvalue weighted by atomic mass is 32.1. The molecule has 0 radical (unpaired) electrons. The molecule has 30 rings (SSSR count). The van der Waals surface area contributed by atoms with Gasteiger partial charge >= 0.3 is 0 Å². The smallest absolute Gasteiger partial charge is 0.0714 e. The number of para-hydroxylation sites is 6. The zero-order valence-electron chi connectivity index (χ0n) is 66.0. The summed E-state index contributed by atoms with van der Waals surface area (Å²) in [6, 6.07) is 140. The molecule has 0 atom stereocenters. The van der Waals surface area contributed by atoms with E-state index in [1.807, 2.05) is 34.0 Å². The quantitative estimate of drug-likeness (QED) is 0.158. The molecular weight excluding hydrogens is 1550 g/mol. The molecule has 0 bridgehead atoms. The van der Waals surface area contributed by atoms with Crippen molar-refractivity contribution in [2.45, 2.75) is 0 Å².